The molecule has 2 rings (SSSR count). The third-order valence-electron chi connectivity index (χ3n) is 2.23. The zero-order valence-electron chi connectivity index (χ0n) is 9.02. The number of halogens is 1. The summed E-state index contributed by atoms with van der Waals surface area (Å²) in [4.78, 5) is 4.37. The smallest absolute Gasteiger partial charge is 0.148 e. The zero-order chi connectivity index (χ0) is 11.5. The number of hydrogen-bond donors (Lipinski definition) is 1. The van der Waals surface area contributed by atoms with E-state index in [-0.39, 0.29) is 0 Å². The van der Waals surface area contributed by atoms with Gasteiger partial charge in [-0.2, -0.15) is 5.10 Å². The van der Waals surface area contributed by atoms with Crippen LogP contribution >= 0.6 is 15.9 Å². The topological polar surface area (TPSA) is 56.7 Å². The van der Waals surface area contributed by atoms with Gasteiger partial charge in [-0.3, -0.25) is 0 Å². The predicted octanol–water partition coefficient (Wildman–Crippen LogP) is 1.84. The lowest BCUT2D eigenvalue weighted by molar-refractivity contribution is 0.771. The van der Waals surface area contributed by atoms with Crippen LogP contribution in [0, 0.1) is 6.92 Å². The molecule has 1 aromatic carbocycles. The van der Waals surface area contributed by atoms with E-state index in [1.54, 1.807) is 0 Å². The monoisotopic (exact) mass is 280 g/mol. The van der Waals surface area contributed by atoms with E-state index in [4.69, 9.17) is 5.73 Å². The molecule has 5 heteroatoms. The van der Waals surface area contributed by atoms with Crippen LogP contribution in [0.4, 0.5) is 0 Å². The summed E-state index contributed by atoms with van der Waals surface area (Å²) in [6.45, 7) is 2.45. The van der Waals surface area contributed by atoms with Crippen molar-refractivity contribution in [2.45, 2.75) is 13.3 Å². The normalized spacial score (nSPS) is 10.7. The Labute approximate surface area is 103 Å². The number of nitrogens with zero attached hydrogens (tertiary/aromatic N) is 3. The van der Waals surface area contributed by atoms with Crippen LogP contribution < -0.4 is 5.73 Å². The lowest BCUT2D eigenvalue weighted by Crippen LogP contribution is -2.10. The fraction of sp³-hybridized carbons (Fsp3) is 0.273. The van der Waals surface area contributed by atoms with Gasteiger partial charge in [0.25, 0.3) is 0 Å². The molecule has 0 aliphatic carbocycles. The summed E-state index contributed by atoms with van der Waals surface area (Å²) in [7, 11) is 0. The highest BCUT2D eigenvalue weighted by molar-refractivity contribution is 9.10. The Bertz CT molecular complexity index is 492. The molecule has 0 atom stereocenters. The number of benzene rings is 1. The van der Waals surface area contributed by atoms with Crippen molar-refractivity contribution in [2.75, 3.05) is 6.54 Å². The Kier molecular flexibility index (Phi) is 3.36. The van der Waals surface area contributed by atoms with Crippen molar-refractivity contribution in [3.05, 3.63) is 40.4 Å². The van der Waals surface area contributed by atoms with Crippen molar-refractivity contribution in [3.8, 4) is 5.69 Å². The van der Waals surface area contributed by atoms with Crippen LogP contribution in [0.15, 0.2) is 28.7 Å². The van der Waals surface area contributed by atoms with Crippen LogP contribution in [0.2, 0.25) is 0 Å². The Morgan fingerprint density at radius 2 is 2.12 bits per heavy atom. The van der Waals surface area contributed by atoms with Gasteiger partial charge in [0, 0.05) is 10.9 Å². The minimum absolute atomic E-state index is 0.572. The number of para-hydroxylation sites is 1. The third-order valence-corrected chi connectivity index (χ3v) is 2.90. The minimum Gasteiger partial charge on any atom is -0.330 e. The lowest BCUT2D eigenvalue weighted by Gasteiger charge is -2.06. The van der Waals surface area contributed by atoms with E-state index in [0.29, 0.717) is 6.54 Å². The van der Waals surface area contributed by atoms with Crippen molar-refractivity contribution in [1.29, 1.82) is 0 Å². The second-order valence-corrected chi connectivity index (χ2v) is 4.33. The molecule has 0 aliphatic heterocycles. The molecule has 0 spiro atoms. The number of aromatic nitrogens is 3. The number of rotatable bonds is 3. The highest BCUT2D eigenvalue weighted by atomic mass is 79.9. The second kappa shape index (κ2) is 4.76. The standard InChI is InChI=1S/C11H13BrN4/c1-8-14-11(6-7-13)16(15-8)10-5-3-2-4-9(10)12/h2-5H,6-7,13H2,1H3. The molecule has 0 aliphatic rings. The number of nitrogens with two attached hydrogens (primary N) is 1. The van der Waals surface area contributed by atoms with E-state index in [1.165, 1.54) is 0 Å². The fourth-order valence-corrected chi connectivity index (χ4v) is 2.02. The molecule has 0 saturated carbocycles. The minimum atomic E-state index is 0.572. The Hall–Kier alpha value is -1.20. The Balaban J connectivity index is 2.51. The summed E-state index contributed by atoms with van der Waals surface area (Å²) in [5.74, 6) is 1.66. The van der Waals surface area contributed by atoms with E-state index < -0.39 is 0 Å². The van der Waals surface area contributed by atoms with Gasteiger partial charge >= 0.3 is 0 Å². The molecule has 1 aromatic heterocycles. The van der Waals surface area contributed by atoms with Gasteiger partial charge in [0.2, 0.25) is 0 Å². The van der Waals surface area contributed by atoms with Crippen LogP contribution in [-0.4, -0.2) is 21.3 Å². The van der Waals surface area contributed by atoms with Crippen LogP contribution in [0.3, 0.4) is 0 Å². The maximum atomic E-state index is 5.56. The first-order chi connectivity index (χ1) is 7.72. The third kappa shape index (κ3) is 2.15. The first kappa shape index (κ1) is 11.3. The summed E-state index contributed by atoms with van der Waals surface area (Å²) < 4.78 is 2.84. The van der Waals surface area contributed by atoms with E-state index in [9.17, 15) is 0 Å². The van der Waals surface area contributed by atoms with Crippen molar-refractivity contribution < 1.29 is 0 Å². The Morgan fingerprint density at radius 1 is 1.38 bits per heavy atom. The molecule has 0 saturated heterocycles. The lowest BCUT2D eigenvalue weighted by atomic mass is 10.3. The van der Waals surface area contributed by atoms with Crippen molar-refractivity contribution in [2.24, 2.45) is 5.73 Å². The van der Waals surface area contributed by atoms with Gasteiger partial charge in [-0.15, -0.1) is 0 Å². The molecule has 2 aromatic rings. The van der Waals surface area contributed by atoms with Gasteiger partial charge in [0.15, 0.2) is 0 Å². The van der Waals surface area contributed by atoms with Gasteiger partial charge < -0.3 is 5.73 Å². The second-order valence-electron chi connectivity index (χ2n) is 3.48. The summed E-state index contributed by atoms with van der Waals surface area (Å²) in [5.41, 5.74) is 6.55. The quantitative estimate of drug-likeness (QED) is 0.934. The van der Waals surface area contributed by atoms with E-state index in [0.717, 1.165) is 28.2 Å². The Morgan fingerprint density at radius 3 is 2.81 bits per heavy atom. The molecule has 2 N–H and O–H groups in total. The fourth-order valence-electron chi connectivity index (χ4n) is 1.57. The molecule has 1 heterocycles. The molecule has 0 bridgehead atoms. The van der Waals surface area contributed by atoms with Crippen molar-refractivity contribution >= 4 is 15.9 Å². The molecule has 0 fully saturated rings. The maximum absolute atomic E-state index is 5.56. The highest BCUT2D eigenvalue weighted by Gasteiger charge is 2.10. The molecule has 0 amide bonds. The van der Waals surface area contributed by atoms with Gasteiger partial charge in [0.05, 0.1) is 5.69 Å². The summed E-state index contributed by atoms with van der Waals surface area (Å²) >= 11 is 3.51. The summed E-state index contributed by atoms with van der Waals surface area (Å²) in [6, 6.07) is 7.93. The molecule has 4 nitrogen and oxygen atoms in total. The SMILES string of the molecule is Cc1nc(CCN)n(-c2ccccc2Br)n1. The molecule has 16 heavy (non-hydrogen) atoms. The van der Waals surface area contributed by atoms with E-state index in [2.05, 4.69) is 26.0 Å². The van der Waals surface area contributed by atoms with Crippen LogP contribution in [0.1, 0.15) is 11.6 Å². The average Bonchev–Trinajstić information content (AvgIpc) is 2.61. The predicted molar refractivity (Wildman–Crippen MR) is 66.6 cm³/mol. The molecule has 0 unspecified atom stereocenters. The van der Waals surface area contributed by atoms with Crippen LogP contribution in [-0.2, 0) is 6.42 Å². The summed E-state index contributed by atoms with van der Waals surface area (Å²) in [6.07, 6.45) is 0.724. The highest BCUT2D eigenvalue weighted by Crippen LogP contribution is 2.20. The van der Waals surface area contributed by atoms with E-state index in [1.807, 2.05) is 35.9 Å². The largest absolute Gasteiger partial charge is 0.330 e. The first-order valence-electron chi connectivity index (χ1n) is 5.10. The average molecular weight is 281 g/mol. The first-order valence-corrected chi connectivity index (χ1v) is 5.89. The number of aryl methyl sites for hydroxylation is 1. The zero-order valence-corrected chi connectivity index (χ0v) is 10.6. The molecular weight excluding hydrogens is 268 g/mol. The summed E-state index contributed by atoms with van der Waals surface area (Å²) in [5, 5.41) is 4.38. The van der Waals surface area contributed by atoms with Crippen LogP contribution in [0.5, 0.6) is 0 Å². The molecular formula is C11H13BrN4. The molecule has 84 valence electrons. The van der Waals surface area contributed by atoms with Crippen LogP contribution in [0.25, 0.3) is 5.69 Å². The number of hydrogen-bond acceptors (Lipinski definition) is 3. The maximum Gasteiger partial charge on any atom is 0.148 e. The van der Waals surface area contributed by atoms with Crippen molar-refractivity contribution in [1.82, 2.24) is 14.8 Å². The van der Waals surface area contributed by atoms with E-state index >= 15 is 0 Å². The van der Waals surface area contributed by atoms with Gasteiger partial charge in [-0.1, -0.05) is 12.1 Å². The molecule has 0 radical (unpaired) electrons. The van der Waals surface area contributed by atoms with Gasteiger partial charge in [0.1, 0.15) is 11.6 Å². The van der Waals surface area contributed by atoms with Gasteiger partial charge in [-0.05, 0) is 41.5 Å². The van der Waals surface area contributed by atoms with Crippen molar-refractivity contribution in [3.63, 3.8) is 0 Å². The van der Waals surface area contributed by atoms with Gasteiger partial charge in [-0.25, -0.2) is 9.67 Å².